The van der Waals surface area contributed by atoms with Crippen molar-refractivity contribution in [1.82, 2.24) is 4.90 Å². The molecule has 1 heterocycles. The molecule has 0 aromatic heterocycles. The molecular weight excluding hydrogens is 334 g/mol. The van der Waals surface area contributed by atoms with Gasteiger partial charge in [-0.3, -0.25) is 9.59 Å². The fraction of sp³-hybridized carbons (Fsp3) is 0.600. The third-order valence-corrected chi connectivity index (χ3v) is 6.98. The summed E-state index contributed by atoms with van der Waals surface area (Å²) in [6.45, 7) is 3.48. The van der Waals surface area contributed by atoms with Gasteiger partial charge in [-0.2, -0.15) is 0 Å². The molecule has 25 heavy (non-hydrogen) atoms. The molecule has 4 nitrogen and oxygen atoms in total. The molecule has 0 atom stereocenters. The maximum absolute atomic E-state index is 13.3. The Kier molecular flexibility index (Phi) is 5.72. The quantitative estimate of drug-likeness (QED) is 0.857. The van der Waals surface area contributed by atoms with E-state index in [9.17, 15) is 9.59 Å². The fourth-order valence-electron chi connectivity index (χ4n) is 4.01. The number of hydrogen-bond donors (Lipinski definition) is 1. The number of carboxylic acid groups (broad SMARTS) is 1. The largest absolute Gasteiger partial charge is 0.481 e. The number of hydrogen-bond acceptors (Lipinski definition) is 3. The molecule has 1 aliphatic heterocycles. The second-order valence-electron chi connectivity index (χ2n) is 7.45. The Morgan fingerprint density at radius 2 is 1.76 bits per heavy atom. The number of likely N-dealkylation sites (tertiary alicyclic amines) is 1. The lowest BCUT2D eigenvalue weighted by molar-refractivity contribution is -0.139. The highest BCUT2D eigenvalue weighted by atomic mass is 32.2. The Balaban J connectivity index is 1.67. The lowest BCUT2D eigenvalue weighted by Gasteiger charge is -2.38. The van der Waals surface area contributed by atoms with E-state index in [-0.39, 0.29) is 23.0 Å². The zero-order valence-corrected chi connectivity index (χ0v) is 15.7. The van der Waals surface area contributed by atoms with E-state index in [1.165, 1.54) is 10.5 Å². The lowest BCUT2D eigenvalue weighted by atomic mass is 9.92. The molecular formula is C20H27NO3S. The van der Waals surface area contributed by atoms with Gasteiger partial charge in [-0.1, -0.05) is 30.5 Å². The normalized spacial score (nSPS) is 20.6. The summed E-state index contributed by atoms with van der Waals surface area (Å²) in [7, 11) is 0. The van der Waals surface area contributed by atoms with Gasteiger partial charge in [-0.25, -0.2) is 0 Å². The second kappa shape index (κ2) is 7.81. The number of piperidine rings is 1. The third kappa shape index (κ3) is 4.38. The average Bonchev–Trinajstić information content (AvgIpc) is 3.06. The highest BCUT2D eigenvalue weighted by molar-refractivity contribution is 8.01. The van der Waals surface area contributed by atoms with Crippen molar-refractivity contribution in [3.05, 3.63) is 29.8 Å². The van der Waals surface area contributed by atoms with Crippen molar-refractivity contribution >= 4 is 23.6 Å². The molecule has 1 aliphatic carbocycles. The summed E-state index contributed by atoms with van der Waals surface area (Å²) in [5.74, 6) is -0.248. The van der Waals surface area contributed by atoms with Crippen molar-refractivity contribution in [3.8, 4) is 0 Å². The predicted octanol–water partition coefficient (Wildman–Crippen LogP) is 4.11. The van der Waals surface area contributed by atoms with Crippen molar-refractivity contribution in [2.75, 3.05) is 13.1 Å². The Morgan fingerprint density at radius 1 is 1.16 bits per heavy atom. The van der Waals surface area contributed by atoms with E-state index in [1.807, 2.05) is 4.90 Å². The van der Waals surface area contributed by atoms with Gasteiger partial charge in [0.05, 0.1) is 4.75 Å². The number of aliphatic carboxylic acids is 1. The first-order chi connectivity index (χ1) is 12.0. The number of thioether (sulfide) groups is 1. The van der Waals surface area contributed by atoms with E-state index in [4.69, 9.17) is 5.11 Å². The van der Waals surface area contributed by atoms with Crippen molar-refractivity contribution < 1.29 is 14.7 Å². The van der Waals surface area contributed by atoms with Crippen LogP contribution in [0.15, 0.2) is 29.2 Å². The molecule has 1 N–H and O–H groups in total. The van der Waals surface area contributed by atoms with E-state index < -0.39 is 5.97 Å². The minimum Gasteiger partial charge on any atom is -0.481 e. The van der Waals surface area contributed by atoms with Crippen molar-refractivity contribution in [3.63, 3.8) is 0 Å². The first kappa shape index (κ1) is 18.3. The SMILES string of the molecule is Cc1ccc(SC2(C(=O)N3CCC(CC(=O)O)CC3)CCCC2)cc1. The van der Waals surface area contributed by atoms with E-state index in [0.717, 1.165) is 38.5 Å². The number of carbonyl (C=O) groups excluding carboxylic acids is 1. The summed E-state index contributed by atoms with van der Waals surface area (Å²) in [4.78, 5) is 27.4. The average molecular weight is 362 g/mol. The molecule has 1 amide bonds. The van der Waals surface area contributed by atoms with Crippen LogP contribution in [0, 0.1) is 12.8 Å². The lowest BCUT2D eigenvalue weighted by Crippen LogP contribution is -2.48. The molecule has 0 spiro atoms. The number of carbonyl (C=O) groups is 2. The Labute approximate surface area is 154 Å². The van der Waals surface area contributed by atoms with E-state index in [1.54, 1.807) is 11.8 Å². The third-order valence-electron chi connectivity index (χ3n) is 5.50. The number of carboxylic acids is 1. The van der Waals surface area contributed by atoms with Gasteiger partial charge in [0, 0.05) is 24.4 Å². The molecule has 1 saturated heterocycles. The second-order valence-corrected chi connectivity index (χ2v) is 8.91. The predicted molar refractivity (Wildman–Crippen MR) is 99.8 cm³/mol. The fourth-order valence-corrected chi connectivity index (χ4v) is 5.45. The van der Waals surface area contributed by atoms with Crippen molar-refractivity contribution in [2.45, 2.75) is 61.5 Å². The smallest absolute Gasteiger partial charge is 0.303 e. The van der Waals surface area contributed by atoms with Crippen LogP contribution in [-0.4, -0.2) is 39.7 Å². The summed E-state index contributed by atoms with van der Waals surface area (Å²) < 4.78 is -0.325. The molecule has 1 aromatic rings. The van der Waals surface area contributed by atoms with E-state index in [2.05, 4.69) is 31.2 Å². The first-order valence-electron chi connectivity index (χ1n) is 9.25. The van der Waals surface area contributed by atoms with Crippen LogP contribution in [-0.2, 0) is 9.59 Å². The molecule has 5 heteroatoms. The molecule has 3 rings (SSSR count). The topological polar surface area (TPSA) is 57.6 Å². The van der Waals surface area contributed by atoms with Crippen LogP contribution in [0.5, 0.6) is 0 Å². The van der Waals surface area contributed by atoms with Gasteiger partial charge in [-0.05, 0) is 50.7 Å². The van der Waals surface area contributed by atoms with Gasteiger partial charge in [0.15, 0.2) is 0 Å². The Morgan fingerprint density at radius 3 is 2.32 bits per heavy atom. The summed E-state index contributed by atoms with van der Waals surface area (Å²) in [5.41, 5.74) is 1.23. The molecule has 0 radical (unpaired) electrons. The van der Waals surface area contributed by atoms with Crippen LogP contribution in [0.1, 0.15) is 50.5 Å². The van der Waals surface area contributed by atoms with Crippen LogP contribution in [0.25, 0.3) is 0 Å². The number of amides is 1. The van der Waals surface area contributed by atoms with Crippen LogP contribution < -0.4 is 0 Å². The van der Waals surface area contributed by atoms with Gasteiger partial charge < -0.3 is 10.0 Å². The summed E-state index contributed by atoms with van der Waals surface area (Å²) in [6.07, 6.45) is 5.96. The van der Waals surface area contributed by atoms with Gasteiger partial charge in [0.2, 0.25) is 5.91 Å². The Hall–Kier alpha value is -1.49. The molecule has 1 saturated carbocycles. The molecule has 1 aromatic carbocycles. The maximum Gasteiger partial charge on any atom is 0.303 e. The minimum absolute atomic E-state index is 0.214. The van der Waals surface area contributed by atoms with Crippen molar-refractivity contribution in [2.24, 2.45) is 5.92 Å². The summed E-state index contributed by atoms with van der Waals surface area (Å²) in [5, 5.41) is 8.95. The zero-order chi connectivity index (χ0) is 17.9. The van der Waals surface area contributed by atoms with Crippen LogP contribution in [0.3, 0.4) is 0 Å². The molecule has 2 fully saturated rings. The van der Waals surface area contributed by atoms with Crippen LogP contribution in [0.4, 0.5) is 0 Å². The molecule has 0 unspecified atom stereocenters. The molecule has 2 aliphatic rings. The summed E-state index contributed by atoms with van der Waals surface area (Å²) in [6, 6.07) is 8.44. The van der Waals surface area contributed by atoms with Gasteiger partial charge in [0.1, 0.15) is 0 Å². The number of aryl methyl sites for hydroxylation is 1. The molecule has 0 bridgehead atoms. The monoisotopic (exact) mass is 361 g/mol. The highest BCUT2D eigenvalue weighted by Crippen LogP contribution is 2.47. The highest BCUT2D eigenvalue weighted by Gasteiger charge is 2.45. The summed E-state index contributed by atoms with van der Waals surface area (Å²) >= 11 is 1.74. The number of rotatable bonds is 5. The molecule has 136 valence electrons. The van der Waals surface area contributed by atoms with Crippen LogP contribution in [0.2, 0.25) is 0 Å². The maximum atomic E-state index is 13.3. The van der Waals surface area contributed by atoms with Crippen molar-refractivity contribution in [1.29, 1.82) is 0 Å². The van der Waals surface area contributed by atoms with E-state index in [0.29, 0.717) is 13.1 Å². The number of nitrogens with zero attached hydrogens (tertiary/aromatic N) is 1. The minimum atomic E-state index is -0.730. The van der Waals surface area contributed by atoms with E-state index >= 15 is 0 Å². The van der Waals surface area contributed by atoms with Gasteiger partial charge in [-0.15, -0.1) is 11.8 Å². The Bertz CT molecular complexity index is 614. The standard InChI is InChI=1S/C20H27NO3S/c1-15-4-6-17(7-5-15)25-20(10-2-3-11-20)19(24)21-12-8-16(9-13-21)14-18(22)23/h4-7,16H,2-3,8-14H2,1H3,(H,22,23). The number of benzene rings is 1. The van der Waals surface area contributed by atoms with Crippen LogP contribution >= 0.6 is 11.8 Å². The first-order valence-corrected chi connectivity index (χ1v) is 10.1. The van der Waals surface area contributed by atoms with Gasteiger partial charge >= 0.3 is 5.97 Å². The zero-order valence-electron chi connectivity index (χ0n) is 14.9. The van der Waals surface area contributed by atoms with Gasteiger partial charge in [0.25, 0.3) is 0 Å².